The van der Waals surface area contributed by atoms with Crippen LogP contribution < -0.4 is 10.1 Å². The van der Waals surface area contributed by atoms with E-state index in [2.05, 4.69) is 5.32 Å². The summed E-state index contributed by atoms with van der Waals surface area (Å²) in [5, 5.41) is 2.77. The molecule has 0 spiro atoms. The van der Waals surface area contributed by atoms with Crippen LogP contribution in [0.5, 0.6) is 5.75 Å². The van der Waals surface area contributed by atoms with Crippen molar-refractivity contribution in [2.75, 3.05) is 13.7 Å². The number of carbonyl (C=O) groups excluding carboxylic acids is 3. The summed E-state index contributed by atoms with van der Waals surface area (Å²) in [7, 11) is 1.52. The lowest BCUT2D eigenvalue weighted by Crippen LogP contribution is -2.42. The average molecular weight is 396 g/mol. The number of hydrogen-bond donors (Lipinski definition) is 1. The molecular weight excluding hydrogens is 372 g/mol. The maximum absolute atomic E-state index is 12.8. The molecule has 0 aliphatic carbocycles. The Balaban J connectivity index is 1.91. The number of para-hydroxylation sites is 1. The number of ether oxygens (including phenoxy) is 2. The fourth-order valence-electron chi connectivity index (χ4n) is 3.21. The van der Waals surface area contributed by atoms with Crippen LogP contribution in [0.25, 0.3) is 0 Å². The number of nitrogens with one attached hydrogen (secondary N) is 1. The summed E-state index contributed by atoms with van der Waals surface area (Å²) < 4.78 is 10.8. The highest BCUT2D eigenvalue weighted by Crippen LogP contribution is 2.29. The second kappa shape index (κ2) is 7.95. The Morgan fingerprint density at radius 3 is 2.10 bits per heavy atom. The van der Waals surface area contributed by atoms with Crippen molar-refractivity contribution in [2.24, 2.45) is 0 Å². The third-order valence-corrected chi connectivity index (χ3v) is 4.45. The number of amides is 3. The minimum atomic E-state index is -0.705. The molecule has 29 heavy (non-hydrogen) atoms. The lowest BCUT2D eigenvalue weighted by molar-refractivity contribution is 0.0466. The van der Waals surface area contributed by atoms with Crippen molar-refractivity contribution in [1.82, 2.24) is 10.2 Å². The molecule has 7 heteroatoms. The van der Waals surface area contributed by atoms with E-state index in [0.29, 0.717) is 22.4 Å². The van der Waals surface area contributed by atoms with E-state index < -0.39 is 29.6 Å². The Morgan fingerprint density at radius 1 is 1.00 bits per heavy atom. The maximum Gasteiger partial charge on any atom is 0.408 e. The second-order valence-electron chi connectivity index (χ2n) is 7.71. The number of rotatable bonds is 5. The number of carbonyl (C=O) groups is 3. The molecule has 1 aliphatic rings. The Kier molecular flexibility index (Phi) is 5.59. The quantitative estimate of drug-likeness (QED) is 0.781. The molecule has 0 bridgehead atoms. The van der Waals surface area contributed by atoms with Crippen LogP contribution in [-0.4, -0.2) is 42.1 Å². The molecule has 7 nitrogen and oxygen atoms in total. The SMILES string of the molecule is COc1ccccc1C(CN1C(=O)c2ccccc2C1=O)NC(=O)OC(C)(C)C. The molecular formula is C22H24N2O5. The zero-order valence-corrected chi connectivity index (χ0v) is 16.9. The first kappa shape index (κ1) is 20.4. The summed E-state index contributed by atoms with van der Waals surface area (Å²) >= 11 is 0. The van der Waals surface area contributed by atoms with Crippen LogP contribution in [0.15, 0.2) is 48.5 Å². The van der Waals surface area contributed by atoms with Crippen LogP contribution in [0.3, 0.4) is 0 Å². The van der Waals surface area contributed by atoms with Gasteiger partial charge in [-0.2, -0.15) is 0 Å². The molecule has 1 aliphatic heterocycles. The maximum atomic E-state index is 12.8. The fourth-order valence-corrected chi connectivity index (χ4v) is 3.21. The standard InChI is InChI=1S/C22H24N2O5/c1-22(2,3)29-21(27)23-17(16-11-7-8-12-18(16)28-4)13-24-19(25)14-9-5-6-10-15(14)20(24)26/h5-12,17H,13H2,1-4H3,(H,23,27). The number of hydrogen-bond acceptors (Lipinski definition) is 5. The molecule has 1 N–H and O–H groups in total. The predicted octanol–water partition coefficient (Wildman–Crippen LogP) is 3.56. The van der Waals surface area contributed by atoms with Gasteiger partial charge in [0.2, 0.25) is 0 Å². The average Bonchev–Trinajstić information content (AvgIpc) is 2.91. The van der Waals surface area contributed by atoms with Crippen LogP contribution in [0.4, 0.5) is 4.79 Å². The van der Waals surface area contributed by atoms with Gasteiger partial charge in [-0.15, -0.1) is 0 Å². The van der Waals surface area contributed by atoms with Gasteiger partial charge in [-0.25, -0.2) is 4.79 Å². The summed E-state index contributed by atoms with van der Waals surface area (Å²) in [4.78, 5) is 39.1. The molecule has 0 aromatic heterocycles. The molecule has 0 saturated heterocycles. The summed E-state index contributed by atoms with van der Waals surface area (Å²) in [6, 6.07) is 13.1. The van der Waals surface area contributed by atoms with Gasteiger partial charge in [0.1, 0.15) is 11.4 Å². The van der Waals surface area contributed by atoms with Gasteiger partial charge in [-0.3, -0.25) is 14.5 Å². The van der Waals surface area contributed by atoms with E-state index in [-0.39, 0.29) is 6.54 Å². The van der Waals surface area contributed by atoms with E-state index in [1.807, 2.05) is 0 Å². The highest BCUT2D eigenvalue weighted by Gasteiger charge is 2.37. The lowest BCUT2D eigenvalue weighted by atomic mass is 10.0. The number of nitrogens with zero attached hydrogens (tertiary/aromatic N) is 1. The molecule has 3 amide bonds. The second-order valence-corrected chi connectivity index (χ2v) is 7.71. The summed E-state index contributed by atoms with van der Waals surface area (Å²) in [5.74, 6) is -0.252. The van der Waals surface area contributed by atoms with Crippen molar-refractivity contribution >= 4 is 17.9 Å². The summed E-state index contributed by atoms with van der Waals surface area (Å²) in [6.07, 6.45) is -0.648. The van der Waals surface area contributed by atoms with Gasteiger partial charge in [0.05, 0.1) is 30.8 Å². The predicted molar refractivity (Wildman–Crippen MR) is 107 cm³/mol. The largest absolute Gasteiger partial charge is 0.496 e. The van der Waals surface area contributed by atoms with Crippen LogP contribution in [0.2, 0.25) is 0 Å². The zero-order chi connectivity index (χ0) is 21.2. The molecule has 0 radical (unpaired) electrons. The fraction of sp³-hybridized carbons (Fsp3) is 0.318. The van der Waals surface area contributed by atoms with E-state index in [1.165, 1.54) is 7.11 Å². The van der Waals surface area contributed by atoms with Crippen molar-refractivity contribution in [3.63, 3.8) is 0 Å². The molecule has 2 aromatic rings. The van der Waals surface area contributed by atoms with Crippen LogP contribution in [-0.2, 0) is 4.74 Å². The van der Waals surface area contributed by atoms with Crippen molar-refractivity contribution in [3.8, 4) is 5.75 Å². The van der Waals surface area contributed by atoms with Gasteiger partial charge in [0.15, 0.2) is 0 Å². The topological polar surface area (TPSA) is 84.9 Å². The van der Waals surface area contributed by atoms with Crippen molar-refractivity contribution < 1.29 is 23.9 Å². The first-order valence-corrected chi connectivity index (χ1v) is 9.29. The van der Waals surface area contributed by atoms with Crippen molar-refractivity contribution in [1.29, 1.82) is 0 Å². The molecule has 152 valence electrons. The van der Waals surface area contributed by atoms with Gasteiger partial charge in [-0.1, -0.05) is 30.3 Å². The Bertz CT molecular complexity index is 913. The normalized spacial score (nSPS) is 14.4. The van der Waals surface area contributed by atoms with Gasteiger partial charge in [-0.05, 0) is 39.0 Å². The van der Waals surface area contributed by atoms with Crippen LogP contribution in [0, 0.1) is 0 Å². The molecule has 1 atom stereocenters. The Labute approximate surface area is 169 Å². The number of imide groups is 1. The Morgan fingerprint density at radius 2 is 1.55 bits per heavy atom. The molecule has 2 aromatic carbocycles. The Hall–Kier alpha value is -3.35. The minimum absolute atomic E-state index is 0.0496. The van der Waals surface area contributed by atoms with Gasteiger partial charge in [0.25, 0.3) is 11.8 Å². The van der Waals surface area contributed by atoms with E-state index in [9.17, 15) is 14.4 Å². The van der Waals surface area contributed by atoms with Gasteiger partial charge in [0, 0.05) is 5.56 Å². The van der Waals surface area contributed by atoms with Crippen LogP contribution >= 0.6 is 0 Å². The summed E-state index contributed by atoms with van der Waals surface area (Å²) in [6.45, 7) is 5.23. The van der Waals surface area contributed by atoms with E-state index in [4.69, 9.17) is 9.47 Å². The van der Waals surface area contributed by atoms with Crippen molar-refractivity contribution in [2.45, 2.75) is 32.4 Å². The number of alkyl carbamates (subject to hydrolysis) is 1. The first-order valence-electron chi connectivity index (χ1n) is 9.29. The van der Waals surface area contributed by atoms with E-state index in [1.54, 1.807) is 69.3 Å². The van der Waals surface area contributed by atoms with Crippen molar-refractivity contribution in [3.05, 3.63) is 65.2 Å². The van der Waals surface area contributed by atoms with E-state index in [0.717, 1.165) is 4.90 Å². The monoisotopic (exact) mass is 396 g/mol. The lowest BCUT2D eigenvalue weighted by Gasteiger charge is -2.27. The molecule has 0 fully saturated rings. The number of benzene rings is 2. The molecule has 1 unspecified atom stereocenters. The number of fused-ring (bicyclic) bond motifs is 1. The number of methoxy groups -OCH3 is 1. The highest BCUT2D eigenvalue weighted by molar-refractivity contribution is 6.21. The van der Waals surface area contributed by atoms with E-state index >= 15 is 0 Å². The zero-order valence-electron chi connectivity index (χ0n) is 16.9. The first-order chi connectivity index (χ1) is 13.7. The van der Waals surface area contributed by atoms with Gasteiger partial charge < -0.3 is 14.8 Å². The molecule has 3 rings (SSSR count). The molecule has 1 heterocycles. The smallest absolute Gasteiger partial charge is 0.408 e. The van der Waals surface area contributed by atoms with Crippen LogP contribution in [0.1, 0.15) is 53.1 Å². The molecule has 0 saturated carbocycles. The summed E-state index contributed by atoms with van der Waals surface area (Å²) in [5.41, 5.74) is 0.657. The highest BCUT2D eigenvalue weighted by atomic mass is 16.6. The third-order valence-electron chi connectivity index (χ3n) is 4.45. The minimum Gasteiger partial charge on any atom is -0.496 e. The van der Waals surface area contributed by atoms with Gasteiger partial charge >= 0.3 is 6.09 Å². The third kappa shape index (κ3) is 4.39.